The maximum Gasteiger partial charge on any atom is 0.270 e. The maximum atomic E-state index is 14.0. The molecular weight excluding hydrogens is 450 g/mol. The summed E-state index contributed by atoms with van der Waals surface area (Å²) in [5.74, 6) is -3.41. The Kier molecular flexibility index (Phi) is 6.91. The number of anilines is 2. The van der Waals surface area contributed by atoms with Crippen LogP contribution in [0.2, 0.25) is 0 Å². The normalized spacial score (nSPS) is 14.6. The Balaban J connectivity index is 1.58. The van der Waals surface area contributed by atoms with Crippen molar-refractivity contribution in [3.05, 3.63) is 87.8 Å². The summed E-state index contributed by atoms with van der Waals surface area (Å²) >= 11 is 0. The zero-order valence-corrected chi connectivity index (χ0v) is 20.1. The Labute approximate surface area is 203 Å². The van der Waals surface area contributed by atoms with Gasteiger partial charge in [0.05, 0.1) is 17.3 Å². The van der Waals surface area contributed by atoms with Gasteiger partial charge in [0.1, 0.15) is 0 Å². The number of pyridine rings is 1. The molecule has 35 heavy (non-hydrogen) atoms. The van der Waals surface area contributed by atoms with E-state index in [1.165, 1.54) is 35.0 Å². The van der Waals surface area contributed by atoms with Crippen LogP contribution < -0.4 is 21.1 Å². The van der Waals surface area contributed by atoms with Gasteiger partial charge < -0.3 is 15.5 Å². The predicted octanol–water partition coefficient (Wildman–Crippen LogP) is 5.08. The topological polar surface area (TPSA) is 66.4 Å². The predicted molar refractivity (Wildman–Crippen MR) is 135 cm³/mol. The molecule has 2 N–H and O–H groups in total. The second-order valence-corrected chi connectivity index (χ2v) is 9.02. The summed E-state index contributed by atoms with van der Waals surface area (Å²) in [5.41, 5.74) is 2.73. The molecule has 0 bridgehead atoms. The van der Waals surface area contributed by atoms with E-state index in [1.54, 1.807) is 20.0 Å². The summed E-state index contributed by atoms with van der Waals surface area (Å²) in [6.45, 7) is 4.55. The third kappa shape index (κ3) is 5.53. The van der Waals surface area contributed by atoms with Crippen molar-refractivity contribution in [1.82, 2.24) is 9.88 Å². The summed E-state index contributed by atoms with van der Waals surface area (Å²) in [5, 5.41) is 5.75. The summed E-state index contributed by atoms with van der Waals surface area (Å²) in [6, 6.07) is 14.5. The number of carbonyl (C=O) groups excluding carboxylic acids is 1. The van der Waals surface area contributed by atoms with Crippen LogP contribution in [-0.4, -0.2) is 30.6 Å². The SMILES string of the molecule is CNc1cc(C(C)NC(=O)c2ccc(=O)n(-c3cccc(N4CCCC4)c3)c2)cc(C(C)(F)F)c1. The van der Waals surface area contributed by atoms with Crippen LogP contribution >= 0.6 is 0 Å². The summed E-state index contributed by atoms with van der Waals surface area (Å²) in [6.07, 6.45) is 3.81. The molecule has 8 heteroatoms. The van der Waals surface area contributed by atoms with Gasteiger partial charge in [0, 0.05) is 56.3 Å². The highest BCUT2D eigenvalue weighted by atomic mass is 19.3. The highest BCUT2D eigenvalue weighted by molar-refractivity contribution is 5.94. The fraction of sp³-hybridized carbons (Fsp3) is 0.333. The second kappa shape index (κ2) is 9.90. The monoisotopic (exact) mass is 480 g/mol. The Morgan fingerprint density at radius 2 is 1.74 bits per heavy atom. The number of benzene rings is 2. The van der Waals surface area contributed by atoms with Crippen molar-refractivity contribution < 1.29 is 13.6 Å². The van der Waals surface area contributed by atoms with Crippen molar-refractivity contribution in [2.45, 2.75) is 38.7 Å². The smallest absolute Gasteiger partial charge is 0.270 e. The van der Waals surface area contributed by atoms with Crippen molar-refractivity contribution in [3.8, 4) is 5.69 Å². The Bertz CT molecular complexity index is 1280. The van der Waals surface area contributed by atoms with E-state index in [4.69, 9.17) is 0 Å². The molecule has 6 nitrogen and oxygen atoms in total. The van der Waals surface area contributed by atoms with E-state index in [0.717, 1.165) is 38.5 Å². The molecule has 1 atom stereocenters. The molecule has 2 heterocycles. The van der Waals surface area contributed by atoms with Gasteiger partial charge in [-0.25, -0.2) is 8.78 Å². The molecule has 1 unspecified atom stereocenters. The number of aromatic nitrogens is 1. The molecule has 1 saturated heterocycles. The molecular formula is C27H30F2N4O2. The number of rotatable bonds is 7. The van der Waals surface area contributed by atoms with Gasteiger partial charge in [-0.2, -0.15) is 0 Å². The minimum atomic E-state index is -3.01. The number of halogens is 2. The number of amides is 1. The number of hydrogen-bond donors (Lipinski definition) is 2. The largest absolute Gasteiger partial charge is 0.388 e. The van der Waals surface area contributed by atoms with E-state index in [2.05, 4.69) is 15.5 Å². The van der Waals surface area contributed by atoms with Gasteiger partial charge in [-0.05, 0) is 67.8 Å². The second-order valence-electron chi connectivity index (χ2n) is 9.02. The van der Waals surface area contributed by atoms with Crippen LogP contribution in [0.4, 0.5) is 20.2 Å². The van der Waals surface area contributed by atoms with E-state index >= 15 is 0 Å². The fourth-order valence-electron chi connectivity index (χ4n) is 4.30. The molecule has 1 aliphatic heterocycles. The van der Waals surface area contributed by atoms with Crippen LogP contribution in [0.3, 0.4) is 0 Å². The third-order valence-corrected chi connectivity index (χ3v) is 6.35. The minimum absolute atomic E-state index is 0.133. The fourth-order valence-corrected chi connectivity index (χ4v) is 4.30. The van der Waals surface area contributed by atoms with Crippen LogP contribution in [0, 0.1) is 0 Å². The summed E-state index contributed by atoms with van der Waals surface area (Å²) in [4.78, 5) is 27.9. The lowest BCUT2D eigenvalue weighted by Gasteiger charge is -2.20. The zero-order valence-electron chi connectivity index (χ0n) is 20.1. The minimum Gasteiger partial charge on any atom is -0.388 e. The van der Waals surface area contributed by atoms with Crippen LogP contribution in [0.25, 0.3) is 5.69 Å². The van der Waals surface area contributed by atoms with Crippen molar-refractivity contribution in [3.63, 3.8) is 0 Å². The Morgan fingerprint density at radius 3 is 2.43 bits per heavy atom. The van der Waals surface area contributed by atoms with Gasteiger partial charge in [0.15, 0.2) is 0 Å². The quantitative estimate of drug-likeness (QED) is 0.495. The van der Waals surface area contributed by atoms with Gasteiger partial charge in [0.2, 0.25) is 0 Å². The molecule has 0 aliphatic carbocycles. The van der Waals surface area contributed by atoms with Gasteiger partial charge in [0.25, 0.3) is 17.4 Å². The standard InChI is InChI=1S/C27H30F2N4O2/c1-18(20-13-21(27(2,28)29)15-22(14-20)30-3)31-26(35)19-9-10-25(34)33(17-19)24-8-6-7-23(16-24)32-11-4-5-12-32/h6-10,13-18,30H,4-5,11-12H2,1-3H3,(H,31,35). The number of carbonyl (C=O) groups is 1. The molecule has 1 amide bonds. The first-order chi connectivity index (χ1) is 16.7. The van der Waals surface area contributed by atoms with Gasteiger partial charge >= 0.3 is 0 Å². The molecule has 0 radical (unpaired) electrons. The molecule has 1 fully saturated rings. The van der Waals surface area contributed by atoms with E-state index in [9.17, 15) is 18.4 Å². The maximum absolute atomic E-state index is 14.0. The van der Waals surface area contributed by atoms with Crippen LogP contribution in [0.1, 0.15) is 54.2 Å². The van der Waals surface area contributed by atoms with Crippen molar-refractivity contribution in [2.24, 2.45) is 0 Å². The number of alkyl halides is 2. The van der Waals surface area contributed by atoms with Crippen molar-refractivity contribution in [1.29, 1.82) is 0 Å². The number of nitrogens with one attached hydrogen (secondary N) is 2. The first-order valence-electron chi connectivity index (χ1n) is 11.8. The average Bonchev–Trinajstić information content (AvgIpc) is 3.38. The number of hydrogen-bond acceptors (Lipinski definition) is 4. The summed E-state index contributed by atoms with van der Waals surface area (Å²) in [7, 11) is 1.65. The summed E-state index contributed by atoms with van der Waals surface area (Å²) < 4.78 is 29.4. The molecule has 3 aromatic rings. The van der Waals surface area contributed by atoms with Crippen molar-refractivity contribution in [2.75, 3.05) is 30.4 Å². The lowest BCUT2D eigenvalue weighted by Crippen LogP contribution is -2.29. The van der Waals surface area contributed by atoms with Gasteiger partial charge in [-0.1, -0.05) is 6.07 Å². The van der Waals surface area contributed by atoms with Crippen molar-refractivity contribution >= 4 is 17.3 Å². The first-order valence-corrected chi connectivity index (χ1v) is 11.8. The van der Waals surface area contributed by atoms with Crippen LogP contribution in [0.15, 0.2) is 65.6 Å². The highest BCUT2D eigenvalue weighted by Crippen LogP contribution is 2.32. The molecule has 0 saturated carbocycles. The van der Waals surface area contributed by atoms with Crippen LogP contribution in [-0.2, 0) is 5.92 Å². The van der Waals surface area contributed by atoms with Crippen LogP contribution in [0.5, 0.6) is 0 Å². The first kappa shape index (κ1) is 24.4. The highest BCUT2D eigenvalue weighted by Gasteiger charge is 2.26. The van der Waals surface area contributed by atoms with E-state index in [0.29, 0.717) is 22.5 Å². The van der Waals surface area contributed by atoms with Gasteiger partial charge in [-0.3, -0.25) is 14.2 Å². The third-order valence-electron chi connectivity index (χ3n) is 6.35. The van der Waals surface area contributed by atoms with E-state index in [-0.39, 0.29) is 11.1 Å². The molecule has 1 aliphatic rings. The van der Waals surface area contributed by atoms with E-state index < -0.39 is 17.9 Å². The molecule has 2 aromatic carbocycles. The van der Waals surface area contributed by atoms with E-state index in [1.807, 2.05) is 24.3 Å². The van der Waals surface area contributed by atoms with Gasteiger partial charge in [-0.15, -0.1) is 0 Å². The Morgan fingerprint density at radius 1 is 1.03 bits per heavy atom. The zero-order chi connectivity index (χ0) is 25.2. The molecule has 4 rings (SSSR count). The molecule has 1 aromatic heterocycles. The Hall–Kier alpha value is -3.68. The molecule has 0 spiro atoms. The lowest BCUT2D eigenvalue weighted by atomic mass is 10.0. The number of nitrogens with zero attached hydrogens (tertiary/aromatic N) is 2. The average molecular weight is 481 g/mol. The molecule has 184 valence electrons. The lowest BCUT2D eigenvalue weighted by molar-refractivity contribution is 0.0174.